The number of benzene rings is 2. The van der Waals surface area contributed by atoms with E-state index in [2.05, 4.69) is 29.4 Å². The van der Waals surface area contributed by atoms with Crippen molar-refractivity contribution in [3.05, 3.63) is 54.6 Å². The number of anilines is 1. The van der Waals surface area contributed by atoms with Crippen LogP contribution in [0, 0.1) is 0 Å². The van der Waals surface area contributed by atoms with Crippen molar-refractivity contribution in [2.45, 2.75) is 37.0 Å². The SMILES string of the molecule is CC(C)Oc1ccc(NC(N)=NCC(C)Sc2ccccc2)cc1.I. The van der Waals surface area contributed by atoms with E-state index in [0.29, 0.717) is 17.8 Å². The van der Waals surface area contributed by atoms with E-state index in [9.17, 15) is 0 Å². The molecule has 136 valence electrons. The summed E-state index contributed by atoms with van der Waals surface area (Å²) in [5.41, 5.74) is 6.86. The molecule has 2 aromatic rings. The minimum absolute atomic E-state index is 0. The minimum atomic E-state index is 0. The Labute approximate surface area is 171 Å². The van der Waals surface area contributed by atoms with Gasteiger partial charge in [0.2, 0.25) is 0 Å². The molecule has 2 aromatic carbocycles. The van der Waals surface area contributed by atoms with Crippen molar-refractivity contribution < 1.29 is 4.74 Å². The second-order valence-electron chi connectivity index (χ2n) is 5.78. The summed E-state index contributed by atoms with van der Waals surface area (Å²) in [6, 6.07) is 18.0. The Morgan fingerprint density at radius 1 is 1.08 bits per heavy atom. The maximum Gasteiger partial charge on any atom is 0.193 e. The Morgan fingerprint density at radius 2 is 1.72 bits per heavy atom. The van der Waals surface area contributed by atoms with Crippen LogP contribution in [-0.4, -0.2) is 23.9 Å². The molecule has 0 heterocycles. The van der Waals surface area contributed by atoms with Crippen LogP contribution in [0.4, 0.5) is 5.69 Å². The summed E-state index contributed by atoms with van der Waals surface area (Å²) in [5.74, 6) is 1.27. The molecule has 0 saturated carbocycles. The van der Waals surface area contributed by atoms with E-state index in [-0.39, 0.29) is 30.1 Å². The number of nitrogens with two attached hydrogens (primary N) is 1. The normalized spacial score (nSPS) is 12.4. The number of ether oxygens (including phenoxy) is 1. The third kappa shape index (κ3) is 8.49. The Bertz CT molecular complexity index is 647. The van der Waals surface area contributed by atoms with E-state index < -0.39 is 0 Å². The van der Waals surface area contributed by atoms with Gasteiger partial charge in [-0.1, -0.05) is 25.1 Å². The highest BCUT2D eigenvalue weighted by atomic mass is 127. The first kappa shape index (κ1) is 21.6. The molecule has 1 atom stereocenters. The first-order valence-corrected chi connectivity index (χ1v) is 8.96. The Hall–Kier alpha value is -1.41. The average molecular weight is 471 g/mol. The van der Waals surface area contributed by atoms with E-state index in [1.54, 1.807) is 11.8 Å². The summed E-state index contributed by atoms with van der Waals surface area (Å²) >= 11 is 1.79. The molecule has 2 rings (SSSR count). The number of nitrogens with one attached hydrogen (secondary N) is 1. The first-order valence-electron chi connectivity index (χ1n) is 8.08. The standard InChI is InChI=1S/C19H25N3OS.HI/c1-14(2)23-17-11-9-16(10-12-17)22-19(20)21-13-15(3)24-18-7-5-4-6-8-18;/h4-12,14-15H,13H2,1-3H3,(H3,20,21,22);1H. The number of hydrogen-bond acceptors (Lipinski definition) is 3. The molecule has 0 radical (unpaired) electrons. The summed E-state index contributed by atoms with van der Waals surface area (Å²) in [4.78, 5) is 5.66. The Balaban J connectivity index is 0.00000312. The molecule has 0 aliphatic carbocycles. The van der Waals surface area contributed by atoms with Crippen LogP contribution in [0.3, 0.4) is 0 Å². The molecule has 0 saturated heterocycles. The minimum Gasteiger partial charge on any atom is -0.491 e. The highest BCUT2D eigenvalue weighted by molar-refractivity contribution is 14.0. The van der Waals surface area contributed by atoms with Gasteiger partial charge in [0.05, 0.1) is 12.6 Å². The molecule has 0 fully saturated rings. The van der Waals surface area contributed by atoms with Crippen molar-refractivity contribution in [1.82, 2.24) is 0 Å². The summed E-state index contributed by atoms with van der Waals surface area (Å²) in [7, 11) is 0. The van der Waals surface area contributed by atoms with E-state index in [1.807, 2.05) is 56.3 Å². The largest absolute Gasteiger partial charge is 0.491 e. The van der Waals surface area contributed by atoms with E-state index in [0.717, 1.165) is 11.4 Å². The van der Waals surface area contributed by atoms with Gasteiger partial charge in [-0.05, 0) is 50.2 Å². The van der Waals surface area contributed by atoms with Crippen LogP contribution in [0.25, 0.3) is 0 Å². The quantitative estimate of drug-likeness (QED) is 0.258. The molecule has 3 N–H and O–H groups in total. The number of nitrogens with zero attached hydrogens (tertiary/aromatic N) is 1. The van der Waals surface area contributed by atoms with E-state index in [1.165, 1.54) is 4.90 Å². The van der Waals surface area contributed by atoms with Gasteiger partial charge in [-0.15, -0.1) is 35.7 Å². The van der Waals surface area contributed by atoms with Crippen molar-refractivity contribution in [1.29, 1.82) is 0 Å². The average Bonchev–Trinajstić information content (AvgIpc) is 2.55. The van der Waals surface area contributed by atoms with Gasteiger partial charge in [-0.3, -0.25) is 4.99 Å². The fraction of sp³-hybridized carbons (Fsp3) is 0.316. The monoisotopic (exact) mass is 471 g/mol. The highest BCUT2D eigenvalue weighted by Crippen LogP contribution is 2.22. The second-order valence-corrected chi connectivity index (χ2v) is 7.30. The third-order valence-corrected chi connectivity index (χ3v) is 4.19. The number of halogens is 1. The molecule has 0 aliphatic rings. The van der Waals surface area contributed by atoms with Crippen molar-refractivity contribution in [2.75, 3.05) is 11.9 Å². The zero-order valence-electron chi connectivity index (χ0n) is 14.8. The number of aliphatic imine (C=N–C) groups is 1. The summed E-state index contributed by atoms with van der Waals surface area (Å²) < 4.78 is 5.62. The van der Waals surface area contributed by atoms with Gasteiger partial charge in [0.15, 0.2) is 5.96 Å². The second kappa shape index (κ2) is 11.3. The van der Waals surface area contributed by atoms with Gasteiger partial charge in [-0.25, -0.2) is 0 Å². The summed E-state index contributed by atoms with van der Waals surface area (Å²) in [6.07, 6.45) is 0.166. The van der Waals surface area contributed by atoms with Crippen LogP contribution < -0.4 is 15.8 Å². The van der Waals surface area contributed by atoms with Crippen LogP contribution >= 0.6 is 35.7 Å². The van der Waals surface area contributed by atoms with Crippen molar-refractivity contribution >= 4 is 47.4 Å². The van der Waals surface area contributed by atoms with Crippen molar-refractivity contribution in [3.63, 3.8) is 0 Å². The molecule has 0 aromatic heterocycles. The van der Waals surface area contributed by atoms with Crippen molar-refractivity contribution in [2.24, 2.45) is 10.7 Å². The van der Waals surface area contributed by atoms with Crippen molar-refractivity contribution in [3.8, 4) is 5.75 Å². The lowest BCUT2D eigenvalue weighted by Crippen LogP contribution is -2.23. The smallest absolute Gasteiger partial charge is 0.193 e. The molecular weight excluding hydrogens is 445 g/mol. The number of rotatable bonds is 7. The van der Waals surface area contributed by atoms with E-state index in [4.69, 9.17) is 10.5 Å². The van der Waals surface area contributed by atoms with Gasteiger partial charge in [-0.2, -0.15) is 0 Å². The topological polar surface area (TPSA) is 59.6 Å². The molecule has 0 spiro atoms. The lowest BCUT2D eigenvalue weighted by atomic mass is 10.3. The summed E-state index contributed by atoms with van der Waals surface area (Å²) in [6.45, 7) is 6.82. The number of hydrogen-bond donors (Lipinski definition) is 2. The van der Waals surface area contributed by atoms with Crippen LogP contribution in [0.2, 0.25) is 0 Å². The fourth-order valence-corrected chi connectivity index (χ4v) is 3.00. The Kier molecular flexibility index (Phi) is 9.74. The first-order chi connectivity index (χ1) is 11.5. The van der Waals surface area contributed by atoms with E-state index >= 15 is 0 Å². The maximum absolute atomic E-state index is 5.96. The Morgan fingerprint density at radius 3 is 2.32 bits per heavy atom. The molecule has 0 bridgehead atoms. The number of guanidine groups is 1. The van der Waals surface area contributed by atoms with Gasteiger partial charge < -0.3 is 15.8 Å². The predicted octanol–water partition coefficient (Wildman–Crippen LogP) is 5.00. The van der Waals surface area contributed by atoms with Crippen LogP contribution in [0.15, 0.2) is 64.5 Å². The molecule has 1 unspecified atom stereocenters. The molecular formula is C19H26IN3OS. The lowest BCUT2D eigenvalue weighted by molar-refractivity contribution is 0.242. The predicted molar refractivity (Wildman–Crippen MR) is 119 cm³/mol. The van der Waals surface area contributed by atoms with Gasteiger partial charge >= 0.3 is 0 Å². The summed E-state index contributed by atoms with van der Waals surface area (Å²) in [5, 5.41) is 3.46. The lowest BCUT2D eigenvalue weighted by Gasteiger charge is -2.12. The third-order valence-electron chi connectivity index (χ3n) is 3.10. The van der Waals surface area contributed by atoms with Gasteiger partial charge in [0.1, 0.15) is 5.75 Å². The number of thioether (sulfide) groups is 1. The zero-order chi connectivity index (χ0) is 17.4. The highest BCUT2D eigenvalue weighted by Gasteiger charge is 2.04. The van der Waals surface area contributed by atoms with Crippen LogP contribution in [-0.2, 0) is 0 Å². The van der Waals surface area contributed by atoms with Crippen LogP contribution in [0.5, 0.6) is 5.75 Å². The fourth-order valence-electron chi connectivity index (χ4n) is 2.07. The maximum atomic E-state index is 5.96. The zero-order valence-corrected chi connectivity index (χ0v) is 18.0. The van der Waals surface area contributed by atoms with Gasteiger partial charge in [0, 0.05) is 15.8 Å². The molecule has 0 amide bonds. The molecule has 6 heteroatoms. The molecule has 0 aliphatic heterocycles. The van der Waals surface area contributed by atoms with Crippen LogP contribution in [0.1, 0.15) is 20.8 Å². The molecule has 25 heavy (non-hydrogen) atoms. The van der Waals surface area contributed by atoms with Gasteiger partial charge in [0.25, 0.3) is 0 Å². The molecule has 4 nitrogen and oxygen atoms in total.